The van der Waals surface area contributed by atoms with Gasteiger partial charge in [-0.15, -0.1) is 0 Å². The molecule has 0 saturated carbocycles. The molecule has 0 spiro atoms. The molecule has 0 unspecified atom stereocenters. The summed E-state index contributed by atoms with van der Waals surface area (Å²) in [5, 5.41) is 11.2. The largest absolute Gasteiger partial charge is 0.416 e. The van der Waals surface area contributed by atoms with E-state index in [-0.39, 0.29) is 36.7 Å². The molecule has 1 fully saturated rings. The summed E-state index contributed by atoms with van der Waals surface area (Å²) >= 11 is 0. The van der Waals surface area contributed by atoms with Gasteiger partial charge in [0.05, 0.1) is 23.6 Å². The van der Waals surface area contributed by atoms with E-state index in [1.54, 1.807) is 17.0 Å². The predicted molar refractivity (Wildman–Crippen MR) is 164 cm³/mol. The van der Waals surface area contributed by atoms with Crippen LogP contribution in [0.1, 0.15) is 34.0 Å². The van der Waals surface area contributed by atoms with E-state index in [9.17, 15) is 41.7 Å². The Bertz CT molecular complexity index is 1900. The third kappa shape index (κ3) is 7.25. The standard InChI is InChI=1S/C32H31F5N6O4/c1-20-29(40-14-12-39(13-15-40)17-21-4-2-5-24(16-21)43(46)47)30(44)42(19-28(38)22-8-10-23(33)11-9-22)31(45)41(20)18-25-26(32(35,36)37)6-3-7-27(25)34/h2-11,16,28H,12-15,17-19,38H2,1H3/t28-/m1/s1. The van der Waals surface area contributed by atoms with Gasteiger partial charge in [-0.05, 0) is 42.3 Å². The summed E-state index contributed by atoms with van der Waals surface area (Å²) in [4.78, 5) is 42.2. The molecular weight excluding hydrogens is 627 g/mol. The first kappa shape index (κ1) is 33.5. The van der Waals surface area contributed by atoms with Crippen LogP contribution in [-0.2, 0) is 25.8 Å². The highest BCUT2D eigenvalue weighted by Crippen LogP contribution is 2.33. The van der Waals surface area contributed by atoms with Gasteiger partial charge in [-0.2, -0.15) is 13.2 Å². The number of hydrogen-bond acceptors (Lipinski definition) is 7. The number of nitrogens with two attached hydrogens (primary N) is 1. The molecule has 47 heavy (non-hydrogen) atoms. The normalized spacial score (nSPS) is 14.7. The van der Waals surface area contributed by atoms with Crippen LogP contribution in [0.15, 0.2) is 76.3 Å². The molecular formula is C32H31F5N6O4. The first-order valence-corrected chi connectivity index (χ1v) is 14.6. The lowest BCUT2D eigenvalue weighted by atomic mass is 10.1. The average molecular weight is 659 g/mol. The number of hydrogen-bond donors (Lipinski definition) is 1. The van der Waals surface area contributed by atoms with Gasteiger partial charge in [0.15, 0.2) is 0 Å². The molecule has 1 aliphatic rings. The lowest BCUT2D eigenvalue weighted by Crippen LogP contribution is -2.51. The number of nitrogens with zero attached hydrogens (tertiary/aromatic N) is 5. The van der Waals surface area contributed by atoms with Crippen molar-refractivity contribution in [3.63, 3.8) is 0 Å². The fourth-order valence-corrected chi connectivity index (χ4v) is 5.81. The highest BCUT2D eigenvalue weighted by molar-refractivity contribution is 5.50. The van der Waals surface area contributed by atoms with Crippen molar-refractivity contribution >= 4 is 11.4 Å². The maximum atomic E-state index is 14.9. The second-order valence-corrected chi connectivity index (χ2v) is 11.3. The maximum Gasteiger partial charge on any atom is 0.416 e. The number of alkyl halides is 3. The summed E-state index contributed by atoms with van der Waals surface area (Å²) in [7, 11) is 0. The van der Waals surface area contributed by atoms with Gasteiger partial charge in [-0.1, -0.05) is 30.3 Å². The minimum absolute atomic E-state index is 0.0399. The van der Waals surface area contributed by atoms with E-state index in [4.69, 9.17) is 5.73 Å². The SMILES string of the molecule is Cc1c(N2CCN(Cc3cccc([N+](=O)[O-])c3)CC2)c(=O)n(C[C@@H](N)c2ccc(F)cc2)c(=O)n1Cc1c(F)cccc1C(F)(F)F. The van der Waals surface area contributed by atoms with E-state index in [2.05, 4.69) is 0 Å². The Morgan fingerprint density at radius 1 is 0.915 bits per heavy atom. The highest BCUT2D eigenvalue weighted by atomic mass is 19.4. The van der Waals surface area contributed by atoms with Crippen LogP contribution in [0.3, 0.4) is 0 Å². The molecule has 10 nitrogen and oxygen atoms in total. The third-order valence-corrected chi connectivity index (χ3v) is 8.29. The molecule has 1 aliphatic heterocycles. The summed E-state index contributed by atoms with van der Waals surface area (Å²) in [6.45, 7) is 2.03. The van der Waals surface area contributed by atoms with Gasteiger partial charge in [-0.3, -0.25) is 28.9 Å². The van der Waals surface area contributed by atoms with Crippen molar-refractivity contribution in [1.29, 1.82) is 0 Å². The van der Waals surface area contributed by atoms with Crippen LogP contribution < -0.4 is 21.9 Å². The summed E-state index contributed by atoms with van der Waals surface area (Å²) in [5.41, 5.74) is 3.80. The van der Waals surface area contributed by atoms with Crippen molar-refractivity contribution in [3.8, 4) is 0 Å². The van der Waals surface area contributed by atoms with E-state index in [1.807, 2.05) is 4.90 Å². The van der Waals surface area contributed by atoms with Gasteiger partial charge in [0.1, 0.15) is 17.3 Å². The van der Waals surface area contributed by atoms with Crippen molar-refractivity contribution in [2.75, 3.05) is 31.1 Å². The Morgan fingerprint density at radius 2 is 1.57 bits per heavy atom. The summed E-state index contributed by atoms with van der Waals surface area (Å²) in [6, 6.07) is 12.9. The monoisotopic (exact) mass is 658 g/mol. The van der Waals surface area contributed by atoms with E-state index >= 15 is 0 Å². The van der Waals surface area contributed by atoms with Crippen LogP contribution in [0.4, 0.5) is 33.3 Å². The fourth-order valence-electron chi connectivity index (χ4n) is 5.81. The number of benzene rings is 3. The number of nitro groups is 1. The molecule has 4 aromatic rings. The Balaban J connectivity index is 1.52. The van der Waals surface area contributed by atoms with Crippen LogP contribution in [0, 0.1) is 28.7 Å². The number of anilines is 1. The van der Waals surface area contributed by atoms with Gasteiger partial charge >= 0.3 is 11.9 Å². The minimum atomic E-state index is -4.91. The summed E-state index contributed by atoms with van der Waals surface area (Å²) < 4.78 is 71.9. The molecule has 2 heterocycles. The Morgan fingerprint density at radius 3 is 2.21 bits per heavy atom. The number of piperazine rings is 1. The van der Waals surface area contributed by atoms with Crippen LogP contribution in [0.25, 0.3) is 0 Å². The maximum absolute atomic E-state index is 14.9. The summed E-state index contributed by atoms with van der Waals surface area (Å²) in [6.07, 6.45) is -4.91. The van der Waals surface area contributed by atoms with E-state index < -0.39 is 57.7 Å². The van der Waals surface area contributed by atoms with Gasteiger partial charge in [0, 0.05) is 62.2 Å². The van der Waals surface area contributed by atoms with Crippen LogP contribution in [-0.4, -0.2) is 45.1 Å². The van der Waals surface area contributed by atoms with Crippen LogP contribution in [0.5, 0.6) is 0 Å². The second kappa shape index (κ2) is 13.5. The Labute approximate surface area is 265 Å². The molecule has 248 valence electrons. The van der Waals surface area contributed by atoms with Crippen molar-refractivity contribution in [1.82, 2.24) is 14.0 Å². The lowest BCUT2D eigenvalue weighted by molar-refractivity contribution is -0.384. The van der Waals surface area contributed by atoms with Crippen molar-refractivity contribution in [2.45, 2.75) is 38.8 Å². The molecule has 0 radical (unpaired) electrons. The number of aromatic nitrogens is 2. The number of halogens is 5. The first-order valence-electron chi connectivity index (χ1n) is 14.6. The van der Waals surface area contributed by atoms with Crippen molar-refractivity contribution < 1.29 is 26.9 Å². The second-order valence-electron chi connectivity index (χ2n) is 11.3. The zero-order valence-electron chi connectivity index (χ0n) is 25.2. The van der Waals surface area contributed by atoms with E-state index in [0.717, 1.165) is 32.9 Å². The molecule has 1 atom stereocenters. The first-order chi connectivity index (χ1) is 22.2. The molecule has 2 N–H and O–H groups in total. The zero-order chi connectivity index (χ0) is 34.0. The molecule has 0 amide bonds. The molecule has 15 heteroatoms. The fraction of sp³-hybridized carbons (Fsp3) is 0.312. The number of non-ortho nitro benzene ring substituents is 1. The predicted octanol–water partition coefficient (Wildman–Crippen LogP) is 4.59. The average Bonchev–Trinajstić information content (AvgIpc) is 3.02. The van der Waals surface area contributed by atoms with Crippen LogP contribution >= 0.6 is 0 Å². The summed E-state index contributed by atoms with van der Waals surface area (Å²) in [5.74, 6) is -1.68. The van der Waals surface area contributed by atoms with Gasteiger partial charge in [0.25, 0.3) is 11.2 Å². The van der Waals surface area contributed by atoms with Gasteiger partial charge in [0.2, 0.25) is 0 Å². The smallest absolute Gasteiger partial charge is 0.363 e. The van der Waals surface area contributed by atoms with Crippen molar-refractivity contribution in [3.05, 3.63) is 137 Å². The molecule has 1 saturated heterocycles. The molecule has 0 bridgehead atoms. The quantitative estimate of drug-likeness (QED) is 0.159. The molecule has 3 aromatic carbocycles. The Kier molecular flexibility index (Phi) is 9.58. The van der Waals surface area contributed by atoms with Gasteiger partial charge in [-0.25, -0.2) is 13.6 Å². The van der Waals surface area contributed by atoms with E-state index in [1.165, 1.54) is 43.3 Å². The molecule has 5 rings (SSSR count). The molecule has 1 aromatic heterocycles. The minimum Gasteiger partial charge on any atom is -0.363 e. The van der Waals surface area contributed by atoms with Crippen molar-refractivity contribution in [2.24, 2.45) is 5.73 Å². The highest BCUT2D eigenvalue weighted by Gasteiger charge is 2.35. The number of rotatable bonds is 9. The third-order valence-electron chi connectivity index (χ3n) is 8.29. The lowest BCUT2D eigenvalue weighted by Gasteiger charge is -2.37. The molecule has 0 aliphatic carbocycles. The van der Waals surface area contributed by atoms with Gasteiger partial charge < -0.3 is 10.6 Å². The van der Waals surface area contributed by atoms with E-state index in [0.29, 0.717) is 25.2 Å². The van der Waals surface area contributed by atoms with Crippen LogP contribution in [0.2, 0.25) is 0 Å². The topological polar surface area (TPSA) is 120 Å². The Hall–Kier alpha value is -4.89. The zero-order valence-corrected chi connectivity index (χ0v) is 25.2. The number of nitro benzene ring substituents is 1.